The molecule has 0 fully saturated rings. The summed E-state index contributed by atoms with van der Waals surface area (Å²) in [6, 6.07) is 29.6. The van der Waals surface area contributed by atoms with E-state index in [-0.39, 0.29) is 6.61 Å². The lowest BCUT2D eigenvalue weighted by atomic mass is 10.1. The first-order chi connectivity index (χ1) is 13.1. The van der Waals surface area contributed by atoms with E-state index in [4.69, 9.17) is 0 Å². The standard InChI is InChI=1S/C25H23NO/c1-18-12-19(2)14-25(13-18)26(23-9-5-6-20(15-23)17-27)24-11-10-21-7-3-4-8-22(21)16-24/h3-16,27H,17H2,1-2H3. The van der Waals surface area contributed by atoms with Crippen molar-refractivity contribution in [2.75, 3.05) is 4.90 Å². The summed E-state index contributed by atoms with van der Waals surface area (Å²) in [5, 5.41) is 12.0. The molecular weight excluding hydrogens is 330 g/mol. The first kappa shape index (κ1) is 17.3. The zero-order chi connectivity index (χ0) is 18.8. The largest absolute Gasteiger partial charge is 0.392 e. The van der Waals surface area contributed by atoms with Crippen molar-refractivity contribution in [3.63, 3.8) is 0 Å². The Balaban J connectivity index is 1.93. The first-order valence-corrected chi connectivity index (χ1v) is 9.21. The second-order valence-electron chi connectivity index (χ2n) is 7.04. The van der Waals surface area contributed by atoms with Gasteiger partial charge in [0.15, 0.2) is 0 Å². The number of rotatable bonds is 4. The minimum absolute atomic E-state index is 0.0340. The minimum Gasteiger partial charge on any atom is -0.392 e. The van der Waals surface area contributed by atoms with Crippen LogP contribution in [0.2, 0.25) is 0 Å². The van der Waals surface area contributed by atoms with E-state index in [1.54, 1.807) is 0 Å². The van der Waals surface area contributed by atoms with Crippen molar-refractivity contribution in [2.24, 2.45) is 0 Å². The highest BCUT2D eigenvalue weighted by Crippen LogP contribution is 2.37. The maximum absolute atomic E-state index is 9.60. The van der Waals surface area contributed by atoms with Crippen LogP contribution in [0.1, 0.15) is 16.7 Å². The van der Waals surface area contributed by atoms with Gasteiger partial charge in [-0.2, -0.15) is 0 Å². The van der Waals surface area contributed by atoms with Crippen LogP contribution >= 0.6 is 0 Å². The Morgan fingerprint density at radius 2 is 1.33 bits per heavy atom. The molecule has 0 aliphatic carbocycles. The van der Waals surface area contributed by atoms with Gasteiger partial charge < -0.3 is 10.0 Å². The lowest BCUT2D eigenvalue weighted by molar-refractivity contribution is 0.282. The predicted octanol–water partition coefficient (Wildman–Crippen LogP) is 6.42. The topological polar surface area (TPSA) is 23.5 Å². The molecule has 0 bridgehead atoms. The molecule has 0 amide bonds. The van der Waals surface area contributed by atoms with Crippen LogP contribution < -0.4 is 4.90 Å². The highest BCUT2D eigenvalue weighted by molar-refractivity contribution is 5.89. The fourth-order valence-corrected chi connectivity index (χ4v) is 3.64. The molecule has 1 N–H and O–H groups in total. The zero-order valence-electron chi connectivity index (χ0n) is 15.7. The number of aryl methyl sites for hydroxylation is 2. The Bertz CT molecular complexity index is 1080. The summed E-state index contributed by atoms with van der Waals surface area (Å²) in [5.74, 6) is 0. The van der Waals surface area contributed by atoms with Crippen molar-refractivity contribution in [1.82, 2.24) is 0 Å². The number of nitrogens with zero attached hydrogens (tertiary/aromatic N) is 1. The molecule has 0 aliphatic heterocycles. The van der Waals surface area contributed by atoms with Crippen LogP contribution in [-0.2, 0) is 6.61 Å². The van der Waals surface area contributed by atoms with E-state index < -0.39 is 0 Å². The van der Waals surface area contributed by atoms with Crippen molar-refractivity contribution in [2.45, 2.75) is 20.5 Å². The third kappa shape index (κ3) is 3.57. The number of fused-ring (bicyclic) bond motifs is 1. The second-order valence-corrected chi connectivity index (χ2v) is 7.04. The fourth-order valence-electron chi connectivity index (χ4n) is 3.64. The normalized spacial score (nSPS) is 10.9. The summed E-state index contributed by atoms with van der Waals surface area (Å²) < 4.78 is 0. The molecule has 4 rings (SSSR count). The molecule has 0 saturated heterocycles. The summed E-state index contributed by atoms with van der Waals surface area (Å²) >= 11 is 0. The Hall–Kier alpha value is -3.10. The van der Waals surface area contributed by atoms with Crippen LogP contribution in [0.25, 0.3) is 10.8 Å². The summed E-state index contributed by atoms with van der Waals surface area (Å²) in [7, 11) is 0. The lowest BCUT2D eigenvalue weighted by Crippen LogP contribution is -2.10. The maximum atomic E-state index is 9.60. The van der Waals surface area contributed by atoms with Crippen molar-refractivity contribution >= 4 is 27.8 Å². The predicted molar refractivity (Wildman–Crippen MR) is 114 cm³/mol. The molecule has 0 aromatic heterocycles. The molecule has 0 spiro atoms. The van der Waals surface area contributed by atoms with Gasteiger partial charge in [-0.3, -0.25) is 0 Å². The SMILES string of the molecule is Cc1cc(C)cc(N(c2cccc(CO)c2)c2ccc3ccccc3c2)c1. The molecule has 4 aromatic rings. The molecule has 2 nitrogen and oxygen atoms in total. The summed E-state index contributed by atoms with van der Waals surface area (Å²) in [6.07, 6.45) is 0. The number of benzene rings is 4. The van der Waals surface area contributed by atoms with Crippen LogP contribution in [0.15, 0.2) is 84.9 Å². The smallest absolute Gasteiger partial charge is 0.0682 e. The van der Waals surface area contributed by atoms with Gasteiger partial charge in [-0.15, -0.1) is 0 Å². The molecule has 134 valence electrons. The molecule has 0 atom stereocenters. The molecule has 0 unspecified atom stereocenters. The first-order valence-electron chi connectivity index (χ1n) is 9.21. The summed E-state index contributed by atoms with van der Waals surface area (Å²) in [6.45, 7) is 4.28. The fraction of sp³-hybridized carbons (Fsp3) is 0.120. The number of aliphatic hydroxyl groups is 1. The quantitative estimate of drug-likeness (QED) is 0.458. The monoisotopic (exact) mass is 353 g/mol. The zero-order valence-corrected chi connectivity index (χ0v) is 15.7. The van der Waals surface area contributed by atoms with E-state index in [9.17, 15) is 5.11 Å². The molecule has 0 saturated carbocycles. The summed E-state index contributed by atoms with van der Waals surface area (Å²) in [5.41, 5.74) is 6.64. The third-order valence-corrected chi connectivity index (χ3v) is 4.81. The van der Waals surface area contributed by atoms with Gasteiger partial charge >= 0.3 is 0 Å². The third-order valence-electron chi connectivity index (χ3n) is 4.81. The number of hydrogen-bond donors (Lipinski definition) is 1. The van der Waals surface area contributed by atoms with Gasteiger partial charge in [-0.05, 0) is 77.7 Å². The number of hydrogen-bond acceptors (Lipinski definition) is 2. The van der Waals surface area contributed by atoms with Gasteiger partial charge in [0.05, 0.1) is 6.61 Å². The van der Waals surface area contributed by atoms with Crippen LogP contribution in [0.3, 0.4) is 0 Å². The van der Waals surface area contributed by atoms with Gasteiger partial charge in [-0.1, -0.05) is 48.5 Å². The van der Waals surface area contributed by atoms with E-state index in [2.05, 4.69) is 85.5 Å². The van der Waals surface area contributed by atoms with E-state index in [1.165, 1.54) is 21.9 Å². The Morgan fingerprint density at radius 3 is 2.07 bits per heavy atom. The molecule has 27 heavy (non-hydrogen) atoms. The van der Waals surface area contributed by atoms with Crippen LogP contribution in [0, 0.1) is 13.8 Å². The van der Waals surface area contributed by atoms with Gasteiger partial charge in [0, 0.05) is 17.1 Å². The molecule has 0 aliphatic rings. The number of aliphatic hydroxyl groups excluding tert-OH is 1. The minimum atomic E-state index is 0.0340. The molecule has 2 heteroatoms. The number of anilines is 3. The van der Waals surface area contributed by atoms with Crippen molar-refractivity contribution in [3.05, 3.63) is 102 Å². The van der Waals surface area contributed by atoms with Crippen LogP contribution in [0.4, 0.5) is 17.1 Å². The van der Waals surface area contributed by atoms with Gasteiger partial charge in [0.2, 0.25) is 0 Å². The molecular formula is C25H23NO. The highest BCUT2D eigenvalue weighted by atomic mass is 16.3. The van der Waals surface area contributed by atoms with E-state index >= 15 is 0 Å². The lowest BCUT2D eigenvalue weighted by Gasteiger charge is -2.27. The average molecular weight is 353 g/mol. The second kappa shape index (κ2) is 7.26. The van der Waals surface area contributed by atoms with Crippen LogP contribution in [0.5, 0.6) is 0 Å². The van der Waals surface area contributed by atoms with E-state index in [0.29, 0.717) is 0 Å². The molecule has 0 heterocycles. The van der Waals surface area contributed by atoms with Gasteiger partial charge in [-0.25, -0.2) is 0 Å². The maximum Gasteiger partial charge on any atom is 0.0682 e. The Morgan fingerprint density at radius 1 is 0.630 bits per heavy atom. The van der Waals surface area contributed by atoms with E-state index in [0.717, 1.165) is 22.6 Å². The Kier molecular flexibility index (Phi) is 4.66. The molecule has 4 aromatic carbocycles. The van der Waals surface area contributed by atoms with Crippen molar-refractivity contribution in [1.29, 1.82) is 0 Å². The van der Waals surface area contributed by atoms with Gasteiger partial charge in [0.25, 0.3) is 0 Å². The Labute approximate surface area is 160 Å². The van der Waals surface area contributed by atoms with Gasteiger partial charge in [0.1, 0.15) is 0 Å². The molecule has 0 radical (unpaired) electrons. The summed E-state index contributed by atoms with van der Waals surface area (Å²) in [4.78, 5) is 2.26. The van der Waals surface area contributed by atoms with Crippen molar-refractivity contribution < 1.29 is 5.11 Å². The van der Waals surface area contributed by atoms with Crippen molar-refractivity contribution in [3.8, 4) is 0 Å². The average Bonchev–Trinajstić information content (AvgIpc) is 2.67. The van der Waals surface area contributed by atoms with E-state index in [1.807, 2.05) is 18.2 Å². The highest BCUT2D eigenvalue weighted by Gasteiger charge is 2.14. The van der Waals surface area contributed by atoms with Crippen LogP contribution in [-0.4, -0.2) is 5.11 Å².